The molecule has 1 aliphatic rings. The van der Waals surface area contributed by atoms with Crippen LogP contribution in [0.3, 0.4) is 0 Å². The minimum atomic E-state index is -0.608. The molecule has 1 aromatic rings. The summed E-state index contributed by atoms with van der Waals surface area (Å²) in [5, 5.41) is 2.61. The average molecular weight is 461 g/mol. The van der Waals surface area contributed by atoms with Crippen molar-refractivity contribution < 1.29 is 23.9 Å². The third-order valence-corrected chi connectivity index (χ3v) is 5.28. The fourth-order valence-corrected chi connectivity index (χ4v) is 3.81. The van der Waals surface area contributed by atoms with Crippen LogP contribution < -0.4 is 10.2 Å². The van der Waals surface area contributed by atoms with E-state index in [1.807, 2.05) is 26.8 Å². The highest BCUT2D eigenvalue weighted by molar-refractivity contribution is 5.98. The Morgan fingerprint density at radius 3 is 2.21 bits per heavy atom. The monoisotopic (exact) mass is 460 g/mol. The topological polar surface area (TPSA) is 84.9 Å². The van der Waals surface area contributed by atoms with Crippen molar-refractivity contribution in [2.45, 2.75) is 91.3 Å². The number of carbonyl (C=O) groups excluding carboxylic acids is 3. The van der Waals surface area contributed by atoms with E-state index in [0.717, 1.165) is 12.8 Å². The van der Waals surface area contributed by atoms with Gasteiger partial charge in [-0.3, -0.25) is 9.69 Å². The maximum absolute atomic E-state index is 13.0. The highest BCUT2D eigenvalue weighted by atomic mass is 16.6. The van der Waals surface area contributed by atoms with Crippen molar-refractivity contribution in [3.8, 4) is 0 Å². The lowest BCUT2D eigenvalue weighted by Gasteiger charge is -2.32. The lowest BCUT2D eigenvalue weighted by atomic mass is 9.89. The molecule has 0 heterocycles. The first-order valence-electron chi connectivity index (χ1n) is 11.9. The number of hydrogen-bond acceptors (Lipinski definition) is 5. The Bertz CT molecular complexity index is 817. The standard InChI is InChI=1S/C26H40N2O5/c1-25(2,3)32-23(30)27-16-15-22(29)20-13-10-14-21(17-20)28(24(31)33-26(4,5)6)18-19-11-8-7-9-12-19/h10,13-14,17,19H,7-9,11-12,15-16,18H2,1-6H3,(H,27,30). The Labute approximate surface area is 198 Å². The zero-order valence-electron chi connectivity index (χ0n) is 21.0. The van der Waals surface area contributed by atoms with Crippen LogP contribution in [0.25, 0.3) is 0 Å². The van der Waals surface area contributed by atoms with E-state index in [9.17, 15) is 14.4 Å². The van der Waals surface area contributed by atoms with Gasteiger partial charge in [-0.25, -0.2) is 9.59 Å². The van der Waals surface area contributed by atoms with Crippen LogP contribution in [-0.4, -0.2) is 42.3 Å². The Kier molecular flexibility index (Phi) is 9.32. The number of Topliss-reactive ketones (excluding diaryl/α,β-unsaturated/α-hetero) is 1. The second-order valence-corrected chi connectivity index (χ2v) is 10.7. The number of ether oxygens (including phenoxy) is 2. The van der Waals surface area contributed by atoms with E-state index in [2.05, 4.69) is 5.32 Å². The largest absolute Gasteiger partial charge is 0.444 e. The van der Waals surface area contributed by atoms with Gasteiger partial charge in [-0.15, -0.1) is 0 Å². The Morgan fingerprint density at radius 1 is 0.970 bits per heavy atom. The summed E-state index contributed by atoms with van der Waals surface area (Å²) in [5.41, 5.74) is -0.0504. The lowest BCUT2D eigenvalue weighted by Crippen LogP contribution is -2.40. The molecule has 1 aliphatic carbocycles. The van der Waals surface area contributed by atoms with Crippen LogP contribution in [-0.2, 0) is 9.47 Å². The zero-order chi connectivity index (χ0) is 24.6. The van der Waals surface area contributed by atoms with Crippen LogP contribution in [0.4, 0.5) is 15.3 Å². The van der Waals surface area contributed by atoms with Gasteiger partial charge >= 0.3 is 12.2 Å². The van der Waals surface area contributed by atoms with Crippen molar-refractivity contribution in [3.63, 3.8) is 0 Å². The summed E-state index contributed by atoms with van der Waals surface area (Å²) in [6, 6.07) is 7.08. The molecule has 1 aromatic carbocycles. The Morgan fingerprint density at radius 2 is 1.61 bits per heavy atom. The number of benzene rings is 1. The minimum absolute atomic E-state index is 0.116. The third kappa shape index (κ3) is 9.84. The molecule has 0 aromatic heterocycles. The van der Waals surface area contributed by atoms with Gasteiger partial charge in [0.2, 0.25) is 0 Å². The normalized spacial score (nSPS) is 15.0. The van der Waals surface area contributed by atoms with E-state index in [1.54, 1.807) is 43.9 Å². The smallest absolute Gasteiger partial charge is 0.414 e. The van der Waals surface area contributed by atoms with Crippen LogP contribution in [0.15, 0.2) is 24.3 Å². The van der Waals surface area contributed by atoms with E-state index < -0.39 is 23.4 Å². The summed E-state index contributed by atoms with van der Waals surface area (Å²) >= 11 is 0. The minimum Gasteiger partial charge on any atom is -0.444 e. The molecule has 0 saturated heterocycles. The van der Waals surface area contributed by atoms with Gasteiger partial charge in [-0.1, -0.05) is 31.4 Å². The van der Waals surface area contributed by atoms with Gasteiger partial charge in [-0.2, -0.15) is 0 Å². The fourth-order valence-electron chi connectivity index (χ4n) is 3.81. The molecule has 0 spiro atoms. The molecule has 0 aliphatic heterocycles. The number of nitrogens with zero attached hydrogens (tertiary/aromatic N) is 1. The SMILES string of the molecule is CC(C)(C)OC(=O)NCCC(=O)c1cccc(N(CC2CCCCC2)C(=O)OC(C)(C)C)c1. The van der Waals surface area contributed by atoms with Gasteiger partial charge in [0.25, 0.3) is 0 Å². The first-order chi connectivity index (χ1) is 15.3. The van der Waals surface area contributed by atoms with Crippen LogP contribution in [0.2, 0.25) is 0 Å². The number of anilines is 1. The average Bonchev–Trinajstić information content (AvgIpc) is 2.70. The summed E-state index contributed by atoms with van der Waals surface area (Å²) in [6.45, 7) is 11.7. The molecule has 0 radical (unpaired) electrons. The van der Waals surface area contributed by atoms with Crippen molar-refractivity contribution in [3.05, 3.63) is 29.8 Å². The first kappa shape index (κ1) is 26.7. The van der Waals surface area contributed by atoms with Crippen LogP contribution in [0.5, 0.6) is 0 Å². The summed E-state index contributed by atoms with van der Waals surface area (Å²) < 4.78 is 10.9. The molecule has 0 unspecified atom stereocenters. The first-order valence-corrected chi connectivity index (χ1v) is 11.9. The molecule has 1 saturated carbocycles. The molecule has 7 nitrogen and oxygen atoms in total. The molecule has 0 atom stereocenters. The van der Waals surface area contributed by atoms with E-state index >= 15 is 0 Å². The highest BCUT2D eigenvalue weighted by Crippen LogP contribution is 2.28. The molecular weight excluding hydrogens is 420 g/mol. The van der Waals surface area contributed by atoms with Crippen molar-refractivity contribution in [1.82, 2.24) is 5.32 Å². The van der Waals surface area contributed by atoms with E-state index in [1.165, 1.54) is 19.3 Å². The van der Waals surface area contributed by atoms with Crippen molar-refractivity contribution in [1.29, 1.82) is 0 Å². The molecule has 33 heavy (non-hydrogen) atoms. The van der Waals surface area contributed by atoms with Gasteiger partial charge in [-0.05, 0) is 72.4 Å². The summed E-state index contributed by atoms with van der Waals surface area (Å²) in [6.07, 6.45) is 4.97. The van der Waals surface area contributed by atoms with Gasteiger partial charge in [0.15, 0.2) is 5.78 Å². The van der Waals surface area contributed by atoms with Crippen LogP contribution in [0, 0.1) is 5.92 Å². The molecular formula is C26H40N2O5. The number of ketones is 1. The van der Waals surface area contributed by atoms with Gasteiger partial charge in [0.05, 0.1) is 0 Å². The molecule has 7 heteroatoms. The highest BCUT2D eigenvalue weighted by Gasteiger charge is 2.27. The second-order valence-electron chi connectivity index (χ2n) is 10.7. The number of carbonyl (C=O) groups is 3. The van der Waals surface area contributed by atoms with Gasteiger partial charge < -0.3 is 14.8 Å². The molecule has 1 N–H and O–H groups in total. The maximum Gasteiger partial charge on any atom is 0.414 e. The zero-order valence-corrected chi connectivity index (χ0v) is 21.0. The van der Waals surface area contributed by atoms with E-state index in [4.69, 9.17) is 9.47 Å². The maximum atomic E-state index is 13.0. The molecule has 2 amide bonds. The number of alkyl carbamates (subject to hydrolysis) is 1. The summed E-state index contributed by atoms with van der Waals surface area (Å²) in [4.78, 5) is 39.2. The quantitative estimate of drug-likeness (QED) is 0.497. The fraction of sp³-hybridized carbons (Fsp3) is 0.654. The third-order valence-electron chi connectivity index (χ3n) is 5.28. The van der Waals surface area contributed by atoms with Crippen molar-refractivity contribution >= 4 is 23.7 Å². The second kappa shape index (κ2) is 11.5. The Hall–Kier alpha value is -2.57. The number of rotatable bonds is 7. The summed E-state index contributed by atoms with van der Waals surface area (Å²) in [7, 11) is 0. The van der Waals surface area contributed by atoms with E-state index in [0.29, 0.717) is 23.7 Å². The van der Waals surface area contributed by atoms with Crippen molar-refractivity contribution in [2.75, 3.05) is 18.0 Å². The Balaban J connectivity index is 2.09. The van der Waals surface area contributed by atoms with Gasteiger partial charge in [0.1, 0.15) is 11.2 Å². The van der Waals surface area contributed by atoms with Crippen LogP contribution >= 0.6 is 0 Å². The predicted molar refractivity (Wildman–Crippen MR) is 130 cm³/mol. The lowest BCUT2D eigenvalue weighted by molar-refractivity contribution is 0.0524. The number of nitrogens with one attached hydrogen (secondary N) is 1. The summed E-state index contributed by atoms with van der Waals surface area (Å²) in [5.74, 6) is 0.304. The molecule has 2 rings (SSSR count). The molecule has 0 bridgehead atoms. The number of hydrogen-bond donors (Lipinski definition) is 1. The van der Waals surface area contributed by atoms with Crippen LogP contribution in [0.1, 0.15) is 90.4 Å². The predicted octanol–water partition coefficient (Wildman–Crippen LogP) is 6.11. The van der Waals surface area contributed by atoms with E-state index in [-0.39, 0.29) is 18.7 Å². The number of amides is 2. The van der Waals surface area contributed by atoms with Gasteiger partial charge in [0, 0.05) is 30.8 Å². The molecule has 1 fully saturated rings. The van der Waals surface area contributed by atoms with Crippen molar-refractivity contribution in [2.24, 2.45) is 5.92 Å². The molecule has 184 valence electrons.